The molecule has 41 heavy (non-hydrogen) atoms. The second kappa shape index (κ2) is 8.83. The summed E-state index contributed by atoms with van der Waals surface area (Å²) in [6.45, 7) is 0. The number of fused-ring (bicyclic) bond motifs is 6. The van der Waals surface area contributed by atoms with E-state index >= 15 is 0 Å². The third-order valence-corrected chi connectivity index (χ3v) is 6.90. The van der Waals surface area contributed by atoms with Gasteiger partial charge in [0.05, 0.1) is 14.2 Å². The molecule has 0 spiro atoms. The van der Waals surface area contributed by atoms with Crippen LogP contribution >= 0.6 is 0 Å². The molecule has 12 nitrogen and oxygen atoms in total. The van der Waals surface area contributed by atoms with Crippen molar-refractivity contribution in [2.75, 3.05) is 14.2 Å². The number of hydrogen-bond acceptors (Lipinski definition) is 12. The number of phenols is 1. The summed E-state index contributed by atoms with van der Waals surface area (Å²) in [5.74, 6) is -2.33. The molecule has 2 aliphatic heterocycles. The highest BCUT2D eigenvalue weighted by Gasteiger charge is 2.59. The number of aromatic hydroxyl groups is 1. The number of phenolic OH excluding ortho intramolecular Hbond substituents is 1. The molecular formula is C29H20O12. The zero-order valence-electron chi connectivity index (χ0n) is 21.4. The van der Waals surface area contributed by atoms with E-state index in [1.807, 2.05) is 0 Å². The maximum Gasteiger partial charge on any atom is 0.336 e. The van der Waals surface area contributed by atoms with Crippen LogP contribution in [0.25, 0.3) is 21.9 Å². The molecule has 208 valence electrons. The van der Waals surface area contributed by atoms with Crippen molar-refractivity contribution in [3.05, 3.63) is 87.1 Å². The second-order valence-electron chi connectivity index (χ2n) is 9.32. The van der Waals surface area contributed by atoms with E-state index in [0.717, 1.165) is 0 Å². The Morgan fingerprint density at radius 2 is 1.27 bits per heavy atom. The van der Waals surface area contributed by atoms with Gasteiger partial charge in [-0.25, -0.2) is 9.59 Å². The number of hydrogen-bond donors (Lipinski definition) is 2. The first-order chi connectivity index (χ1) is 19.8. The Kier molecular flexibility index (Phi) is 5.31. The Morgan fingerprint density at radius 1 is 0.732 bits per heavy atom. The van der Waals surface area contributed by atoms with Crippen molar-refractivity contribution in [3.63, 3.8) is 0 Å². The van der Waals surface area contributed by atoms with Crippen molar-refractivity contribution >= 4 is 21.9 Å². The quantitative estimate of drug-likeness (QED) is 0.308. The molecule has 0 bridgehead atoms. The molecule has 5 aromatic rings. The predicted octanol–water partition coefficient (Wildman–Crippen LogP) is 3.62. The molecule has 3 atom stereocenters. The molecule has 0 radical (unpaired) electrons. The highest BCUT2D eigenvalue weighted by molar-refractivity contribution is 5.86. The Labute approximate surface area is 229 Å². The Balaban J connectivity index is 1.41. The average Bonchev–Trinajstić information content (AvgIpc) is 3.43. The summed E-state index contributed by atoms with van der Waals surface area (Å²) in [5, 5.41) is 23.8. The lowest BCUT2D eigenvalue weighted by molar-refractivity contribution is -0.293. The standard InChI is InChI=1S/C29H20O12/c1-34-18-11-15(12-19(35-2)22(18)32)27-29(33,41-17-8-4-14-6-10-21(31)38-24(14)26(17)39-27)28-36-16-7-3-13-5-9-20(30)37-23(13)25(16)40-28/h3-12,27-28,32-33H,1-2H3/t27-,28-,29+/m1/s1. The monoisotopic (exact) mass is 560 g/mol. The molecule has 0 unspecified atom stereocenters. The zero-order chi connectivity index (χ0) is 28.5. The van der Waals surface area contributed by atoms with Crippen molar-refractivity contribution in [1.82, 2.24) is 0 Å². The topological polar surface area (TPSA) is 156 Å². The minimum atomic E-state index is -2.41. The summed E-state index contributed by atoms with van der Waals surface area (Å²) in [5.41, 5.74) is -0.789. The molecular weight excluding hydrogens is 540 g/mol. The summed E-state index contributed by atoms with van der Waals surface area (Å²) in [6, 6.07) is 14.9. The van der Waals surface area contributed by atoms with E-state index in [9.17, 15) is 19.8 Å². The molecule has 4 heterocycles. The first-order valence-corrected chi connectivity index (χ1v) is 12.3. The Hall–Kier alpha value is -5.36. The van der Waals surface area contributed by atoms with E-state index in [1.165, 1.54) is 44.6 Å². The van der Waals surface area contributed by atoms with Gasteiger partial charge in [0.15, 0.2) is 40.3 Å². The smallest absolute Gasteiger partial charge is 0.336 e. The molecule has 3 aromatic carbocycles. The fraction of sp³-hybridized carbons (Fsp3) is 0.172. The van der Waals surface area contributed by atoms with Gasteiger partial charge in [-0.3, -0.25) is 0 Å². The highest BCUT2D eigenvalue weighted by Crippen LogP contribution is 2.53. The molecule has 2 aromatic heterocycles. The molecule has 2 aliphatic rings. The van der Waals surface area contributed by atoms with E-state index in [-0.39, 0.29) is 57.0 Å². The fourth-order valence-electron chi connectivity index (χ4n) is 4.96. The van der Waals surface area contributed by atoms with E-state index in [2.05, 4.69) is 0 Å². The first kappa shape index (κ1) is 24.7. The maximum absolute atomic E-state index is 12.2. The van der Waals surface area contributed by atoms with Crippen molar-refractivity contribution in [2.24, 2.45) is 0 Å². The second-order valence-corrected chi connectivity index (χ2v) is 9.32. The molecule has 2 N–H and O–H groups in total. The normalized spacial score (nSPS) is 20.8. The van der Waals surface area contributed by atoms with E-state index in [1.54, 1.807) is 30.3 Å². The molecule has 12 heteroatoms. The van der Waals surface area contributed by atoms with Crippen LogP contribution in [0.2, 0.25) is 0 Å². The lowest BCUT2D eigenvalue weighted by atomic mass is 9.97. The van der Waals surface area contributed by atoms with Gasteiger partial charge in [-0.05, 0) is 48.5 Å². The van der Waals surface area contributed by atoms with Gasteiger partial charge in [0.25, 0.3) is 0 Å². The Morgan fingerprint density at radius 3 is 1.85 bits per heavy atom. The fourth-order valence-corrected chi connectivity index (χ4v) is 4.96. The molecule has 0 amide bonds. The summed E-state index contributed by atoms with van der Waals surface area (Å²) in [7, 11) is 2.69. The van der Waals surface area contributed by atoms with Gasteiger partial charge >= 0.3 is 23.3 Å². The zero-order valence-corrected chi connectivity index (χ0v) is 21.4. The van der Waals surface area contributed by atoms with Crippen LogP contribution in [-0.4, -0.2) is 36.5 Å². The van der Waals surface area contributed by atoms with Crippen LogP contribution in [0, 0.1) is 0 Å². The number of ether oxygens (including phenoxy) is 6. The van der Waals surface area contributed by atoms with Gasteiger partial charge in [0.2, 0.25) is 17.2 Å². The number of rotatable bonds is 4. The number of methoxy groups -OCH3 is 2. The summed E-state index contributed by atoms with van der Waals surface area (Å²) < 4.78 is 45.9. The maximum atomic E-state index is 12.2. The minimum absolute atomic E-state index is 0.0184. The van der Waals surface area contributed by atoms with Gasteiger partial charge in [-0.2, -0.15) is 0 Å². The van der Waals surface area contributed by atoms with Gasteiger partial charge in [-0.15, -0.1) is 0 Å². The third-order valence-electron chi connectivity index (χ3n) is 6.90. The van der Waals surface area contributed by atoms with Crippen LogP contribution in [0.15, 0.2) is 79.1 Å². The van der Waals surface area contributed by atoms with Gasteiger partial charge in [0.1, 0.15) is 0 Å². The Bertz CT molecular complexity index is 1950. The van der Waals surface area contributed by atoms with Crippen molar-refractivity contribution < 1.29 is 47.5 Å². The predicted molar refractivity (Wildman–Crippen MR) is 140 cm³/mol. The van der Waals surface area contributed by atoms with Crippen LogP contribution in [0.4, 0.5) is 0 Å². The minimum Gasteiger partial charge on any atom is -0.502 e. The molecule has 7 rings (SSSR count). The van der Waals surface area contributed by atoms with E-state index in [4.69, 9.17) is 37.3 Å². The highest BCUT2D eigenvalue weighted by atomic mass is 16.8. The number of aliphatic hydroxyl groups is 1. The van der Waals surface area contributed by atoms with Crippen LogP contribution in [0.1, 0.15) is 11.7 Å². The molecule has 0 saturated carbocycles. The van der Waals surface area contributed by atoms with Crippen molar-refractivity contribution in [1.29, 1.82) is 0 Å². The molecule has 0 fully saturated rings. The third kappa shape index (κ3) is 3.72. The van der Waals surface area contributed by atoms with Gasteiger partial charge in [-0.1, -0.05) is 0 Å². The number of benzene rings is 3. The van der Waals surface area contributed by atoms with E-state index < -0.39 is 29.4 Å². The summed E-state index contributed by atoms with van der Waals surface area (Å²) in [4.78, 5) is 24.0. The van der Waals surface area contributed by atoms with Crippen LogP contribution < -0.4 is 39.7 Å². The molecule has 0 saturated heterocycles. The lowest BCUT2D eigenvalue weighted by Gasteiger charge is -2.42. The average molecular weight is 560 g/mol. The van der Waals surface area contributed by atoms with Crippen molar-refractivity contribution in [3.8, 4) is 40.2 Å². The largest absolute Gasteiger partial charge is 0.502 e. The summed E-state index contributed by atoms with van der Waals surface area (Å²) >= 11 is 0. The van der Waals surface area contributed by atoms with Crippen LogP contribution in [0.3, 0.4) is 0 Å². The first-order valence-electron chi connectivity index (χ1n) is 12.3. The van der Waals surface area contributed by atoms with Crippen molar-refractivity contribution in [2.45, 2.75) is 18.2 Å². The molecule has 0 aliphatic carbocycles. The van der Waals surface area contributed by atoms with Crippen LogP contribution in [0.5, 0.6) is 40.2 Å². The lowest BCUT2D eigenvalue weighted by Crippen LogP contribution is -2.59. The summed E-state index contributed by atoms with van der Waals surface area (Å²) in [6.07, 6.45) is -3.00. The van der Waals surface area contributed by atoms with E-state index in [0.29, 0.717) is 10.8 Å². The SMILES string of the molecule is COc1cc([C@H]2Oc3c(ccc4ccc(=O)oc34)O[C@]2(O)[C@@H]2Oc3ccc4ccc(=O)oc4c3O2)cc(OC)c1O. The van der Waals surface area contributed by atoms with Crippen LogP contribution in [-0.2, 0) is 0 Å². The van der Waals surface area contributed by atoms with Gasteiger partial charge < -0.3 is 47.5 Å². The van der Waals surface area contributed by atoms with Gasteiger partial charge in [0, 0.05) is 28.5 Å².